The Bertz CT molecular complexity index is 180. The molecule has 0 rings (SSSR count). The quantitative estimate of drug-likeness (QED) is 0.608. The number of halogens is 8. The van der Waals surface area contributed by atoms with Crippen molar-refractivity contribution in [2.45, 2.75) is 20.7 Å². The van der Waals surface area contributed by atoms with E-state index < -0.39 is 20.7 Å². The zero-order valence-electron chi connectivity index (χ0n) is 5.94. The summed E-state index contributed by atoms with van der Waals surface area (Å²) >= 11 is 19.8. The van der Waals surface area contributed by atoms with E-state index in [-0.39, 0.29) is 5.33 Å². The van der Waals surface area contributed by atoms with E-state index in [1.807, 2.05) is 0 Å². The Morgan fingerprint density at radius 2 is 1.46 bits per heavy atom. The molecule has 0 spiro atoms. The standard InChI is InChI=1S/C5H4Br2Cl3F3/c6-2-1-3(7,11)4(12,13)5(8,9)10/h1-2H2. The predicted molar refractivity (Wildman–Crippen MR) is 56.4 cm³/mol. The Morgan fingerprint density at radius 1 is 1.08 bits per heavy atom. The van der Waals surface area contributed by atoms with Gasteiger partial charge in [0.25, 0.3) is 3.79 Å². The van der Waals surface area contributed by atoms with E-state index in [1.165, 1.54) is 0 Å². The third-order valence-electron chi connectivity index (χ3n) is 1.22. The van der Waals surface area contributed by atoms with Crippen LogP contribution in [0.25, 0.3) is 0 Å². The van der Waals surface area contributed by atoms with E-state index in [0.717, 1.165) is 0 Å². The highest BCUT2D eigenvalue weighted by molar-refractivity contribution is 9.10. The molecule has 0 fully saturated rings. The molecule has 0 aliphatic carbocycles. The fourth-order valence-electron chi connectivity index (χ4n) is 0.483. The lowest BCUT2D eigenvalue weighted by molar-refractivity contribution is -0.0836. The molecule has 13 heavy (non-hydrogen) atoms. The molecule has 0 heterocycles. The molecule has 0 aliphatic heterocycles. The average Bonchev–Trinajstić information content (AvgIpc) is 1.84. The first-order valence-corrected chi connectivity index (χ1v) is 5.99. The van der Waals surface area contributed by atoms with E-state index >= 15 is 0 Å². The number of rotatable bonds is 3. The largest absolute Gasteiger partial charge is 0.337 e. The van der Waals surface area contributed by atoms with Crippen LogP contribution in [0, 0.1) is 0 Å². The first-order valence-electron chi connectivity index (χ1n) is 2.94. The van der Waals surface area contributed by atoms with Crippen LogP contribution in [0.4, 0.5) is 13.2 Å². The van der Waals surface area contributed by atoms with Crippen LogP contribution in [0.15, 0.2) is 0 Å². The van der Waals surface area contributed by atoms with Crippen molar-refractivity contribution in [3.63, 3.8) is 0 Å². The highest BCUT2D eigenvalue weighted by Crippen LogP contribution is 2.54. The van der Waals surface area contributed by atoms with Crippen molar-refractivity contribution in [1.29, 1.82) is 0 Å². The van der Waals surface area contributed by atoms with E-state index in [1.54, 1.807) is 0 Å². The lowest BCUT2D eigenvalue weighted by atomic mass is 10.2. The van der Waals surface area contributed by atoms with Gasteiger partial charge in [0, 0.05) is 11.8 Å². The fraction of sp³-hybridized carbons (Fsp3) is 1.00. The van der Waals surface area contributed by atoms with Gasteiger partial charge in [-0.3, -0.25) is 0 Å². The van der Waals surface area contributed by atoms with Gasteiger partial charge in [0.15, 0.2) is 0 Å². The highest BCUT2D eigenvalue weighted by Gasteiger charge is 2.64. The topological polar surface area (TPSA) is 0 Å². The molecule has 0 amide bonds. The van der Waals surface area contributed by atoms with Crippen LogP contribution in [0.5, 0.6) is 0 Å². The second-order valence-electron chi connectivity index (χ2n) is 2.22. The minimum absolute atomic E-state index is 0.0189. The summed E-state index contributed by atoms with van der Waals surface area (Å²) in [6.07, 6.45) is -0.520. The Morgan fingerprint density at radius 3 is 1.69 bits per heavy atom. The SMILES string of the molecule is FC(Br)(CCBr)C(F)(F)C(Cl)(Cl)Cl. The molecule has 0 radical (unpaired) electrons. The molecule has 0 aromatic heterocycles. The molecule has 80 valence electrons. The molecule has 1 atom stereocenters. The van der Waals surface area contributed by atoms with Crippen molar-refractivity contribution >= 4 is 66.7 Å². The molecule has 0 bridgehead atoms. The molecule has 0 nitrogen and oxygen atoms in total. The van der Waals surface area contributed by atoms with Crippen LogP contribution in [0.3, 0.4) is 0 Å². The zero-order chi connectivity index (χ0) is 10.9. The van der Waals surface area contributed by atoms with Gasteiger partial charge in [-0.1, -0.05) is 50.7 Å². The van der Waals surface area contributed by atoms with Crippen molar-refractivity contribution < 1.29 is 13.2 Å². The maximum Gasteiger partial charge on any atom is 0.337 e. The number of hydrogen-bond donors (Lipinski definition) is 0. The summed E-state index contributed by atoms with van der Waals surface area (Å²) in [6, 6.07) is 0. The van der Waals surface area contributed by atoms with Crippen LogP contribution >= 0.6 is 66.7 Å². The second kappa shape index (κ2) is 4.64. The summed E-state index contributed by atoms with van der Waals surface area (Å²) < 4.78 is 33.3. The fourth-order valence-corrected chi connectivity index (χ4v) is 2.85. The molecule has 0 saturated carbocycles. The molecular formula is C5H4Br2Cl3F3. The van der Waals surface area contributed by atoms with Gasteiger partial charge in [-0.2, -0.15) is 8.78 Å². The van der Waals surface area contributed by atoms with Gasteiger partial charge in [-0.25, -0.2) is 4.39 Å². The summed E-state index contributed by atoms with van der Waals surface area (Å²) in [5, 5.41) is 0.0189. The van der Waals surface area contributed by atoms with Gasteiger partial charge in [0.05, 0.1) is 0 Å². The van der Waals surface area contributed by atoms with Gasteiger partial charge in [-0.05, 0) is 15.9 Å². The normalized spacial score (nSPS) is 18.5. The molecule has 1 unspecified atom stereocenters. The van der Waals surface area contributed by atoms with Crippen molar-refractivity contribution in [3.05, 3.63) is 0 Å². The van der Waals surface area contributed by atoms with E-state index in [4.69, 9.17) is 34.8 Å². The van der Waals surface area contributed by atoms with Crippen molar-refractivity contribution in [1.82, 2.24) is 0 Å². The highest BCUT2D eigenvalue weighted by atomic mass is 79.9. The van der Waals surface area contributed by atoms with Crippen LogP contribution in [0.2, 0.25) is 0 Å². The number of alkyl halides is 8. The predicted octanol–water partition coefficient (Wildman–Crippen LogP) is 4.84. The van der Waals surface area contributed by atoms with Crippen LogP contribution in [-0.4, -0.2) is 19.6 Å². The summed E-state index contributed by atoms with van der Waals surface area (Å²) in [6.45, 7) is 0. The maximum absolute atomic E-state index is 13.2. The summed E-state index contributed by atoms with van der Waals surface area (Å²) in [5.41, 5.74) is 0. The van der Waals surface area contributed by atoms with Crippen molar-refractivity contribution in [2.75, 3.05) is 5.33 Å². The summed E-state index contributed by atoms with van der Waals surface area (Å²) in [4.78, 5) is 0. The molecule has 8 heteroatoms. The lowest BCUT2D eigenvalue weighted by Gasteiger charge is -2.32. The van der Waals surface area contributed by atoms with Gasteiger partial charge in [0.2, 0.25) is 4.58 Å². The average molecular weight is 387 g/mol. The molecule has 0 aromatic rings. The smallest absolute Gasteiger partial charge is 0.224 e. The summed E-state index contributed by atoms with van der Waals surface area (Å²) in [7, 11) is 0. The second-order valence-corrected chi connectivity index (χ2v) is 6.55. The molecule has 0 aromatic carbocycles. The minimum atomic E-state index is -4.10. The summed E-state index contributed by atoms with van der Waals surface area (Å²) in [5.74, 6) is -4.10. The lowest BCUT2D eigenvalue weighted by Crippen LogP contribution is -2.49. The van der Waals surface area contributed by atoms with Gasteiger partial charge in [0.1, 0.15) is 0 Å². The van der Waals surface area contributed by atoms with Crippen LogP contribution < -0.4 is 0 Å². The van der Waals surface area contributed by atoms with Crippen LogP contribution in [0.1, 0.15) is 6.42 Å². The van der Waals surface area contributed by atoms with Gasteiger partial charge >= 0.3 is 5.92 Å². The maximum atomic E-state index is 13.2. The van der Waals surface area contributed by atoms with Crippen molar-refractivity contribution in [2.24, 2.45) is 0 Å². The Balaban J connectivity index is 4.81. The monoisotopic (exact) mass is 384 g/mol. The van der Waals surface area contributed by atoms with E-state index in [9.17, 15) is 13.2 Å². The van der Waals surface area contributed by atoms with Crippen molar-refractivity contribution in [3.8, 4) is 0 Å². The molecule has 0 aliphatic rings. The molecular weight excluding hydrogens is 383 g/mol. The molecule has 0 N–H and O–H groups in total. The zero-order valence-corrected chi connectivity index (χ0v) is 11.4. The van der Waals surface area contributed by atoms with Crippen LogP contribution in [-0.2, 0) is 0 Å². The molecule has 0 saturated heterocycles. The van der Waals surface area contributed by atoms with Gasteiger partial charge in [-0.15, -0.1) is 0 Å². The Labute approximate surface area is 105 Å². The number of hydrogen-bond acceptors (Lipinski definition) is 0. The third kappa shape index (κ3) is 3.30. The Hall–Kier alpha value is 1.62. The Kier molecular flexibility index (Phi) is 5.22. The third-order valence-corrected chi connectivity index (χ3v) is 3.23. The first kappa shape index (κ1) is 14.6. The van der Waals surface area contributed by atoms with Gasteiger partial charge < -0.3 is 0 Å². The van der Waals surface area contributed by atoms with E-state index in [2.05, 4.69) is 31.9 Å². The first-order chi connectivity index (χ1) is 5.56. The minimum Gasteiger partial charge on any atom is -0.224 e. The van der Waals surface area contributed by atoms with E-state index in [0.29, 0.717) is 0 Å².